The van der Waals surface area contributed by atoms with Crippen LogP contribution in [0, 0.1) is 6.92 Å². The fraction of sp³-hybridized carbons (Fsp3) is 0.316. The second kappa shape index (κ2) is 7.79. The number of nitrogens with one attached hydrogen (secondary N) is 2. The molecule has 0 spiro atoms. The molecule has 0 aliphatic carbocycles. The highest BCUT2D eigenvalue weighted by atomic mass is 32.1. The van der Waals surface area contributed by atoms with Crippen molar-refractivity contribution in [2.75, 3.05) is 19.0 Å². The lowest BCUT2D eigenvalue weighted by molar-refractivity contribution is 0.0531. The molecule has 0 saturated heterocycles. The minimum absolute atomic E-state index is 0.232. The molecule has 0 bridgehead atoms. The molecule has 0 aliphatic heterocycles. The number of benzene rings is 1. The first-order valence-corrected chi connectivity index (χ1v) is 9.37. The third-order valence-electron chi connectivity index (χ3n) is 4.16. The molecule has 3 rings (SSSR count). The summed E-state index contributed by atoms with van der Waals surface area (Å²) >= 11 is 1.18. The van der Waals surface area contributed by atoms with Crippen molar-refractivity contribution in [3.05, 3.63) is 50.9 Å². The quantitative estimate of drug-likeness (QED) is 0.627. The zero-order chi connectivity index (χ0) is 19.6. The number of aryl methyl sites for hydroxylation is 1. The van der Waals surface area contributed by atoms with Gasteiger partial charge in [0.1, 0.15) is 21.3 Å². The van der Waals surface area contributed by atoms with Crippen molar-refractivity contribution in [2.24, 2.45) is 0 Å². The van der Waals surface area contributed by atoms with E-state index >= 15 is 0 Å². The van der Waals surface area contributed by atoms with Gasteiger partial charge in [-0.15, -0.1) is 11.3 Å². The van der Waals surface area contributed by atoms with E-state index in [1.54, 1.807) is 21.0 Å². The van der Waals surface area contributed by atoms with Crippen LogP contribution in [0.2, 0.25) is 0 Å². The predicted molar refractivity (Wildman–Crippen MR) is 106 cm³/mol. The average Bonchev–Trinajstić information content (AvgIpc) is 2.99. The van der Waals surface area contributed by atoms with Crippen LogP contribution in [0.4, 0.5) is 5.69 Å². The van der Waals surface area contributed by atoms with Gasteiger partial charge in [-0.1, -0.05) is 0 Å². The first-order valence-electron chi connectivity index (χ1n) is 8.55. The molecule has 142 valence electrons. The first kappa shape index (κ1) is 18.9. The molecule has 0 radical (unpaired) electrons. The smallest absolute Gasteiger partial charge is 0.348 e. The maximum absolute atomic E-state index is 12.6. The summed E-state index contributed by atoms with van der Waals surface area (Å²) in [5.74, 6) is 0.838. The lowest BCUT2D eigenvalue weighted by Gasteiger charge is -2.14. The van der Waals surface area contributed by atoms with Crippen molar-refractivity contribution in [1.29, 1.82) is 0 Å². The Morgan fingerprint density at radius 2 is 2.04 bits per heavy atom. The predicted octanol–water partition coefficient (Wildman–Crippen LogP) is 3.65. The van der Waals surface area contributed by atoms with Crippen molar-refractivity contribution in [3.8, 4) is 5.75 Å². The van der Waals surface area contributed by atoms with E-state index in [2.05, 4.69) is 15.3 Å². The van der Waals surface area contributed by atoms with Gasteiger partial charge in [-0.05, 0) is 50.6 Å². The largest absolute Gasteiger partial charge is 0.497 e. The van der Waals surface area contributed by atoms with E-state index in [4.69, 9.17) is 9.47 Å². The van der Waals surface area contributed by atoms with Crippen molar-refractivity contribution in [2.45, 2.75) is 26.8 Å². The van der Waals surface area contributed by atoms with Gasteiger partial charge >= 0.3 is 5.97 Å². The van der Waals surface area contributed by atoms with Crippen molar-refractivity contribution in [1.82, 2.24) is 9.97 Å². The Balaban J connectivity index is 1.92. The summed E-state index contributed by atoms with van der Waals surface area (Å²) in [5.41, 5.74) is 1.22. The van der Waals surface area contributed by atoms with E-state index in [1.165, 1.54) is 11.3 Å². The number of nitrogens with zero attached hydrogens (tertiary/aromatic N) is 1. The van der Waals surface area contributed by atoms with Crippen LogP contribution in [0.3, 0.4) is 0 Å². The van der Waals surface area contributed by atoms with Crippen LogP contribution in [0.25, 0.3) is 10.2 Å². The Labute approximate surface area is 160 Å². The van der Waals surface area contributed by atoms with Crippen molar-refractivity contribution < 1.29 is 14.3 Å². The number of carbonyl (C=O) groups excluding carboxylic acids is 1. The molecule has 27 heavy (non-hydrogen) atoms. The number of methoxy groups -OCH3 is 1. The molecule has 8 heteroatoms. The topological polar surface area (TPSA) is 93.3 Å². The van der Waals surface area contributed by atoms with E-state index in [9.17, 15) is 9.59 Å². The normalized spacial score (nSPS) is 12.0. The molecule has 0 fully saturated rings. The number of esters is 1. The van der Waals surface area contributed by atoms with Gasteiger partial charge in [-0.25, -0.2) is 9.78 Å². The summed E-state index contributed by atoms with van der Waals surface area (Å²) in [5, 5.41) is 3.72. The van der Waals surface area contributed by atoms with Crippen LogP contribution in [0.5, 0.6) is 5.75 Å². The van der Waals surface area contributed by atoms with Crippen LogP contribution in [0.15, 0.2) is 29.1 Å². The fourth-order valence-corrected chi connectivity index (χ4v) is 3.85. The molecule has 1 aromatic carbocycles. The molecule has 2 heterocycles. The number of ether oxygens (including phenoxy) is 2. The zero-order valence-corrected chi connectivity index (χ0v) is 16.4. The second-order valence-corrected chi connectivity index (χ2v) is 7.00. The SMILES string of the molecule is CCOC(=O)c1sc2nc([C@@H](C)Nc3ccc(OC)cc3)[nH]c(=O)c2c1C. The third-order valence-corrected chi connectivity index (χ3v) is 5.33. The van der Waals surface area contributed by atoms with Crippen LogP contribution in [-0.2, 0) is 4.74 Å². The molecule has 2 aromatic heterocycles. The molecule has 0 saturated carbocycles. The standard InChI is InChI=1S/C19H21N3O4S/c1-5-26-19(24)15-10(2)14-17(23)21-16(22-18(14)27-15)11(3)20-12-6-8-13(25-4)9-7-12/h6-9,11,20H,5H2,1-4H3,(H,21,22,23)/t11-/m1/s1. The molecule has 0 amide bonds. The molecular weight excluding hydrogens is 366 g/mol. The highest BCUT2D eigenvalue weighted by Gasteiger charge is 2.21. The number of aromatic nitrogens is 2. The van der Waals surface area contributed by atoms with E-state index < -0.39 is 5.97 Å². The number of rotatable bonds is 6. The van der Waals surface area contributed by atoms with Crippen LogP contribution >= 0.6 is 11.3 Å². The third kappa shape index (κ3) is 3.80. The molecule has 0 aliphatic rings. The lowest BCUT2D eigenvalue weighted by Crippen LogP contribution is -2.17. The summed E-state index contributed by atoms with van der Waals surface area (Å²) in [6.07, 6.45) is 0. The molecule has 1 atom stereocenters. The Morgan fingerprint density at radius 3 is 2.67 bits per heavy atom. The number of fused-ring (bicyclic) bond motifs is 1. The Bertz CT molecular complexity index is 1020. The second-order valence-electron chi connectivity index (χ2n) is 6.00. The molecule has 7 nitrogen and oxygen atoms in total. The molecular formula is C19H21N3O4S. The number of carbonyl (C=O) groups is 1. The number of aromatic amines is 1. The summed E-state index contributed by atoms with van der Waals surface area (Å²) in [6.45, 7) is 5.67. The number of anilines is 1. The van der Waals surface area contributed by atoms with Gasteiger partial charge in [-0.3, -0.25) is 4.79 Å². The van der Waals surface area contributed by atoms with Crippen LogP contribution in [-0.4, -0.2) is 29.7 Å². The first-order chi connectivity index (χ1) is 12.9. The summed E-state index contributed by atoms with van der Waals surface area (Å²) in [6, 6.07) is 7.25. The number of hydrogen-bond donors (Lipinski definition) is 2. The van der Waals surface area contributed by atoms with Gasteiger partial charge in [0.05, 0.1) is 25.1 Å². The maximum atomic E-state index is 12.6. The maximum Gasteiger partial charge on any atom is 0.348 e. The Morgan fingerprint density at radius 1 is 1.33 bits per heavy atom. The lowest BCUT2D eigenvalue weighted by atomic mass is 10.2. The number of H-pyrrole nitrogens is 1. The molecule has 3 aromatic rings. The minimum atomic E-state index is -0.427. The van der Waals surface area contributed by atoms with Crippen LogP contribution in [0.1, 0.15) is 40.9 Å². The highest BCUT2D eigenvalue weighted by Crippen LogP contribution is 2.28. The van der Waals surface area contributed by atoms with Gasteiger partial charge < -0.3 is 19.8 Å². The van der Waals surface area contributed by atoms with Crippen molar-refractivity contribution >= 4 is 33.2 Å². The molecule has 0 unspecified atom stereocenters. The fourth-order valence-electron chi connectivity index (χ4n) is 2.76. The Kier molecular flexibility index (Phi) is 5.46. The number of hydrogen-bond acceptors (Lipinski definition) is 7. The minimum Gasteiger partial charge on any atom is -0.497 e. The Hall–Kier alpha value is -2.87. The van der Waals surface area contributed by atoms with Gasteiger partial charge in [0.2, 0.25) is 0 Å². The monoisotopic (exact) mass is 387 g/mol. The highest BCUT2D eigenvalue weighted by molar-refractivity contribution is 7.20. The van der Waals surface area contributed by atoms with Gasteiger partial charge in [-0.2, -0.15) is 0 Å². The van der Waals surface area contributed by atoms with E-state index in [-0.39, 0.29) is 18.2 Å². The average molecular weight is 387 g/mol. The summed E-state index contributed by atoms with van der Waals surface area (Å²) < 4.78 is 10.2. The van der Waals surface area contributed by atoms with Gasteiger partial charge in [0.25, 0.3) is 5.56 Å². The van der Waals surface area contributed by atoms with E-state index in [0.717, 1.165) is 11.4 Å². The van der Waals surface area contributed by atoms with Crippen molar-refractivity contribution in [3.63, 3.8) is 0 Å². The zero-order valence-electron chi connectivity index (χ0n) is 15.6. The molecule has 2 N–H and O–H groups in total. The van der Waals surface area contributed by atoms with Gasteiger partial charge in [0, 0.05) is 5.69 Å². The van der Waals surface area contributed by atoms with Crippen LogP contribution < -0.4 is 15.6 Å². The summed E-state index contributed by atoms with van der Waals surface area (Å²) in [7, 11) is 1.61. The van der Waals surface area contributed by atoms with E-state index in [1.807, 2.05) is 31.2 Å². The van der Waals surface area contributed by atoms with E-state index in [0.29, 0.717) is 26.5 Å². The van der Waals surface area contributed by atoms with Gasteiger partial charge in [0.15, 0.2) is 0 Å². The number of thiophene rings is 1. The summed E-state index contributed by atoms with van der Waals surface area (Å²) in [4.78, 5) is 33.0.